The van der Waals surface area contributed by atoms with Crippen LogP contribution >= 0.6 is 0 Å². The number of unbranched alkanes of at least 4 members (excludes halogenated alkanes) is 10. The molecule has 756 valence electrons. The Hall–Kier alpha value is -12.1. The summed E-state index contributed by atoms with van der Waals surface area (Å²) in [7, 11) is 22.0. The molecular formula is C112H156N4O22. The molecule has 4 unspecified atom stereocenters. The molecule has 0 saturated carbocycles. The molecular weight excluding hydrogens is 1750 g/mol. The predicted molar refractivity (Wildman–Crippen MR) is 543 cm³/mol. The van der Waals surface area contributed by atoms with Crippen LogP contribution in [0.5, 0.6) is 46.0 Å². The van der Waals surface area contributed by atoms with Gasteiger partial charge in [0.2, 0.25) is 0 Å². The molecule has 8 aromatic rings. The number of carboxylic acids is 2. The lowest BCUT2D eigenvalue weighted by atomic mass is 10.0. The van der Waals surface area contributed by atoms with Crippen molar-refractivity contribution in [3.05, 3.63) is 263 Å². The SMILES string of the molecule is C=C(O)CCC(=O)OC(COc1ccccc1CCCCCCCc1cccc(OC)c1)CN(C)C.C=C(O)CCC(=O)OC(COc1ccccc1CCCCc1cccc(OC)c1)CN(C)C.COc1cccc(CCCCCCc2ccccc2OCC(CN(C)C)OC(=O)CCC(=O)O)c1.COc1cccc(CCCCCc2ccccc2OCC(CN(C)C)OC(=O)CCC(=O)O)c1. The van der Waals surface area contributed by atoms with E-state index < -0.39 is 48.3 Å². The van der Waals surface area contributed by atoms with Gasteiger partial charge in [0, 0.05) is 39.0 Å². The van der Waals surface area contributed by atoms with Gasteiger partial charge in [0.1, 0.15) is 96.8 Å². The van der Waals surface area contributed by atoms with Gasteiger partial charge in [0.15, 0.2) is 0 Å². The minimum Gasteiger partial charge on any atom is -0.513 e. The number of aliphatic carboxylic acids is 2. The van der Waals surface area contributed by atoms with Gasteiger partial charge < -0.3 is 96.9 Å². The van der Waals surface area contributed by atoms with Gasteiger partial charge in [0.05, 0.1) is 78.5 Å². The third-order valence-electron chi connectivity index (χ3n) is 22.1. The van der Waals surface area contributed by atoms with Crippen LogP contribution in [0.15, 0.2) is 219 Å². The van der Waals surface area contributed by atoms with Gasteiger partial charge in [-0.15, -0.1) is 0 Å². The van der Waals surface area contributed by atoms with Gasteiger partial charge in [-0.3, -0.25) is 28.8 Å². The quantitative estimate of drug-likeness (QED) is 0.0119. The molecule has 0 aromatic heterocycles. The Morgan fingerprint density at radius 1 is 0.261 bits per heavy atom. The Morgan fingerprint density at radius 2 is 0.464 bits per heavy atom. The van der Waals surface area contributed by atoms with E-state index in [2.05, 4.69) is 92.0 Å². The van der Waals surface area contributed by atoms with Crippen molar-refractivity contribution in [2.24, 2.45) is 0 Å². The Kier molecular flexibility index (Phi) is 58.8. The van der Waals surface area contributed by atoms with Crippen LogP contribution in [0.2, 0.25) is 0 Å². The van der Waals surface area contributed by atoms with E-state index in [-0.39, 0.29) is 101 Å². The number of aryl methyl sites for hydroxylation is 8. The summed E-state index contributed by atoms with van der Waals surface area (Å²) in [4.78, 5) is 77.4. The highest BCUT2D eigenvalue weighted by Crippen LogP contribution is 2.29. The molecule has 8 rings (SSSR count). The first-order valence-corrected chi connectivity index (χ1v) is 48.4. The summed E-state index contributed by atoms with van der Waals surface area (Å²) in [6.45, 7) is 9.90. The minimum absolute atomic E-state index is 0.0156. The van der Waals surface area contributed by atoms with Crippen LogP contribution < -0.4 is 37.9 Å². The van der Waals surface area contributed by atoms with E-state index in [0.717, 1.165) is 178 Å². The molecule has 0 spiro atoms. The van der Waals surface area contributed by atoms with Gasteiger partial charge in [-0.25, -0.2) is 0 Å². The van der Waals surface area contributed by atoms with Crippen LogP contribution in [0.3, 0.4) is 0 Å². The zero-order valence-corrected chi connectivity index (χ0v) is 84.0. The molecule has 138 heavy (non-hydrogen) atoms. The summed E-state index contributed by atoms with van der Waals surface area (Å²) in [5.74, 6) is 3.02. The van der Waals surface area contributed by atoms with Crippen molar-refractivity contribution >= 4 is 35.8 Å². The number of para-hydroxylation sites is 4. The molecule has 0 radical (unpaired) electrons. The Morgan fingerprint density at radius 3 is 0.688 bits per heavy atom. The molecule has 0 aliphatic heterocycles. The Balaban J connectivity index is 0.000000325. The van der Waals surface area contributed by atoms with Crippen molar-refractivity contribution in [1.82, 2.24) is 19.6 Å². The number of hydrogen-bond acceptors (Lipinski definition) is 24. The molecule has 0 heterocycles. The number of allylic oxidation sites excluding steroid dienone is 2. The number of benzene rings is 8. The number of ether oxygens (including phenoxy) is 12. The zero-order valence-electron chi connectivity index (χ0n) is 84.0. The van der Waals surface area contributed by atoms with Crippen LogP contribution in [0.4, 0.5) is 0 Å². The number of methoxy groups -OCH3 is 4. The monoisotopic (exact) mass is 1910 g/mol. The van der Waals surface area contributed by atoms with Crippen LogP contribution in [-0.4, -0.2) is 238 Å². The predicted octanol–water partition coefficient (Wildman–Crippen LogP) is 20.2. The van der Waals surface area contributed by atoms with Gasteiger partial charge >= 0.3 is 35.8 Å². The van der Waals surface area contributed by atoms with Crippen molar-refractivity contribution in [3.63, 3.8) is 0 Å². The first-order chi connectivity index (χ1) is 66.5. The topological polar surface area (TPSA) is 307 Å². The van der Waals surface area contributed by atoms with Crippen LogP contribution in [0.1, 0.15) is 186 Å². The molecule has 4 N–H and O–H groups in total. The van der Waals surface area contributed by atoms with Crippen molar-refractivity contribution in [1.29, 1.82) is 0 Å². The van der Waals surface area contributed by atoms with Crippen molar-refractivity contribution in [2.75, 3.05) is 137 Å². The Bertz CT molecular complexity index is 4800. The number of carboxylic acid groups (broad SMARTS) is 2. The van der Waals surface area contributed by atoms with Gasteiger partial charge in [-0.05, 0) is 276 Å². The number of aliphatic hydroxyl groups is 2. The molecule has 4 atom stereocenters. The molecule has 8 aromatic carbocycles. The minimum atomic E-state index is -1.02. The summed E-state index contributed by atoms with van der Waals surface area (Å²) < 4.78 is 67.6. The number of likely N-dealkylation sites (N-methyl/N-ethyl adjacent to an activating group) is 4. The van der Waals surface area contributed by atoms with E-state index in [1.54, 1.807) is 28.4 Å². The fraction of sp³-hybridized carbons (Fsp3) is 0.482. The van der Waals surface area contributed by atoms with Crippen molar-refractivity contribution in [2.45, 2.75) is 217 Å². The molecule has 0 amide bonds. The summed E-state index contributed by atoms with van der Waals surface area (Å²) in [6, 6.07) is 64.9. The average molecular weight is 1910 g/mol. The third-order valence-corrected chi connectivity index (χ3v) is 22.1. The molecule has 0 bridgehead atoms. The maximum absolute atomic E-state index is 12.1. The Labute approximate surface area is 820 Å². The fourth-order valence-corrected chi connectivity index (χ4v) is 15.1. The number of carbonyl (C=O) groups is 6. The second-order valence-electron chi connectivity index (χ2n) is 35.4. The maximum Gasteiger partial charge on any atom is 0.306 e. The molecule has 0 aliphatic carbocycles. The van der Waals surface area contributed by atoms with Gasteiger partial charge in [-0.2, -0.15) is 0 Å². The smallest absolute Gasteiger partial charge is 0.306 e. The maximum atomic E-state index is 12.1. The number of rotatable bonds is 66. The largest absolute Gasteiger partial charge is 0.513 e. The highest BCUT2D eigenvalue weighted by molar-refractivity contribution is 5.77. The van der Waals surface area contributed by atoms with Crippen molar-refractivity contribution in [3.8, 4) is 46.0 Å². The third kappa shape index (κ3) is 54.2. The number of carbonyl (C=O) groups excluding carboxylic acids is 4. The second kappa shape index (κ2) is 69.7. The van der Waals surface area contributed by atoms with Crippen LogP contribution in [0, 0.1) is 0 Å². The number of aliphatic hydroxyl groups excluding tert-OH is 2. The molecule has 0 saturated heterocycles. The standard InChI is InChI=1S/C30H43NO5.C28H39NO6.C27H37NO6.C27H37NO5/c1-24(32)19-20-30(33)36-28(22-31(2)3)23-35-29-18-11-10-16-26(29)15-9-7-5-6-8-13-25-14-12-17-27(21-25)34-4;1-29(2)20-25(35-28(32)18-17-27(30)31)21-34-26-16-9-8-14-23(26)13-7-5-4-6-11-22-12-10-15-24(19-22)33-3;1-28(2)19-24(34-27(31)17-16-26(29)30)20-33-25-15-8-7-13-22(25)12-6-4-5-10-21-11-9-14-23(18-21)32-3;1-21(29)16-17-27(30)33-25(19-28(2)3)20-32-26-15-8-7-13-23(26)12-6-5-10-22-11-9-14-24(18-22)31-4/h10-12,14,16-18,21,28,32H,1,5-9,13,15,19-20,22-23H2,2-4H3;8-10,12,14-16,19,25H,4-7,11,13,17-18,20-21H2,1-3H3,(H,30,31);7-9,11,13-15,18,24H,4-6,10,12,16-17,19-20H2,1-3H3,(H,29,30);7-9,11,13-15,18,25,29H,1,5-6,10,12,16-17,19-20H2,2-4H3. The number of esters is 4. The zero-order chi connectivity index (χ0) is 100. The summed E-state index contributed by atoms with van der Waals surface area (Å²) >= 11 is 0. The van der Waals surface area contributed by atoms with Crippen LogP contribution in [0.25, 0.3) is 0 Å². The van der Waals surface area contributed by atoms with E-state index in [1.165, 1.54) is 53.5 Å². The lowest BCUT2D eigenvalue weighted by Gasteiger charge is -2.22. The van der Waals surface area contributed by atoms with Crippen LogP contribution in [-0.2, 0) is 99.1 Å². The van der Waals surface area contributed by atoms with E-state index >= 15 is 0 Å². The number of nitrogens with zero attached hydrogens (tertiary/aromatic N) is 4. The normalized spacial score (nSPS) is 11.8. The molecule has 0 fully saturated rings. The van der Waals surface area contributed by atoms with E-state index in [9.17, 15) is 39.0 Å². The van der Waals surface area contributed by atoms with E-state index in [1.807, 2.05) is 191 Å². The summed E-state index contributed by atoms with van der Waals surface area (Å²) in [5.41, 5.74) is 9.79. The second-order valence-corrected chi connectivity index (χ2v) is 35.4. The summed E-state index contributed by atoms with van der Waals surface area (Å²) in [5, 5.41) is 36.0. The molecule has 26 nitrogen and oxygen atoms in total. The first-order valence-electron chi connectivity index (χ1n) is 48.4. The molecule has 0 aliphatic rings. The average Bonchev–Trinajstić information content (AvgIpc) is 0.885. The molecule has 26 heteroatoms. The van der Waals surface area contributed by atoms with Gasteiger partial charge in [0.25, 0.3) is 0 Å². The van der Waals surface area contributed by atoms with E-state index in [4.69, 9.17) is 67.1 Å². The highest BCUT2D eigenvalue weighted by Gasteiger charge is 2.24. The van der Waals surface area contributed by atoms with E-state index in [0.29, 0.717) is 26.2 Å². The van der Waals surface area contributed by atoms with Crippen molar-refractivity contribution < 1.29 is 106 Å². The number of hydrogen-bond donors (Lipinski definition) is 4. The lowest BCUT2D eigenvalue weighted by Crippen LogP contribution is -2.35. The first kappa shape index (κ1) is 116. The van der Waals surface area contributed by atoms with Gasteiger partial charge in [-0.1, -0.05) is 173 Å². The summed E-state index contributed by atoms with van der Waals surface area (Å²) in [6.07, 6.45) is 21.8. The lowest BCUT2D eigenvalue weighted by molar-refractivity contribution is -0.154. The highest BCUT2D eigenvalue weighted by atomic mass is 16.6. The fourth-order valence-electron chi connectivity index (χ4n) is 15.1.